The summed E-state index contributed by atoms with van der Waals surface area (Å²) < 4.78 is 22.8. The van der Waals surface area contributed by atoms with Crippen molar-refractivity contribution >= 4 is 21.7 Å². The summed E-state index contributed by atoms with van der Waals surface area (Å²) in [7, 11) is -1.37. The van der Waals surface area contributed by atoms with Crippen molar-refractivity contribution in [1.82, 2.24) is 9.80 Å². The van der Waals surface area contributed by atoms with E-state index in [4.69, 9.17) is 0 Å². The maximum absolute atomic E-state index is 12.1. The normalized spacial score (nSPS) is 26.5. The smallest absolute Gasteiger partial charge is 0.242 e. The average Bonchev–Trinajstić information content (AvgIpc) is 2.71. The highest BCUT2D eigenvalue weighted by atomic mass is 32.2. The van der Waals surface area contributed by atoms with Crippen molar-refractivity contribution in [2.24, 2.45) is 0 Å². The molecule has 2 aliphatic rings. The highest BCUT2D eigenvalue weighted by Crippen LogP contribution is 2.17. The van der Waals surface area contributed by atoms with Gasteiger partial charge in [0.2, 0.25) is 11.8 Å². The number of likely N-dealkylation sites (tertiary alicyclic amines) is 1. The van der Waals surface area contributed by atoms with Crippen LogP contribution in [0.15, 0.2) is 0 Å². The number of piperidine rings is 1. The lowest BCUT2D eigenvalue weighted by molar-refractivity contribution is -0.142. The van der Waals surface area contributed by atoms with Gasteiger partial charge in [0.15, 0.2) is 9.84 Å². The number of sulfone groups is 1. The number of hydrogen-bond donors (Lipinski definition) is 0. The van der Waals surface area contributed by atoms with Crippen LogP contribution in [0.3, 0.4) is 0 Å². The summed E-state index contributed by atoms with van der Waals surface area (Å²) in [5.41, 5.74) is 0. The Hall–Kier alpha value is -1.11. The van der Waals surface area contributed by atoms with Crippen molar-refractivity contribution in [2.75, 3.05) is 31.6 Å². The van der Waals surface area contributed by atoms with Crippen LogP contribution in [-0.4, -0.2) is 67.7 Å². The first-order chi connectivity index (χ1) is 8.89. The summed E-state index contributed by atoms with van der Waals surface area (Å²) in [5.74, 6) is 0.0468. The summed E-state index contributed by atoms with van der Waals surface area (Å²) in [6.07, 6.45) is 2.83. The minimum atomic E-state index is -2.99. The van der Waals surface area contributed by atoms with Gasteiger partial charge in [-0.1, -0.05) is 0 Å². The van der Waals surface area contributed by atoms with E-state index in [-0.39, 0.29) is 35.9 Å². The van der Waals surface area contributed by atoms with E-state index in [0.29, 0.717) is 19.4 Å². The third kappa shape index (κ3) is 3.46. The lowest BCUT2D eigenvalue weighted by Crippen LogP contribution is -2.46. The molecule has 2 saturated heterocycles. The Labute approximate surface area is 113 Å². The molecule has 0 aromatic carbocycles. The molecule has 0 aromatic heterocycles. The lowest BCUT2D eigenvalue weighted by Gasteiger charge is -2.30. The molecule has 0 saturated carbocycles. The first kappa shape index (κ1) is 14.3. The standard InChI is InChI=1S/C12H20N2O4S/c1-13(10-5-7-19(17,18)9-10)12(16)8-14-6-3-2-4-11(14)15/h10H,2-9H2,1H3. The van der Waals surface area contributed by atoms with E-state index in [9.17, 15) is 18.0 Å². The maximum atomic E-state index is 12.1. The third-order valence-corrected chi connectivity index (χ3v) is 5.65. The highest BCUT2D eigenvalue weighted by molar-refractivity contribution is 7.91. The van der Waals surface area contributed by atoms with Crippen LogP contribution >= 0.6 is 0 Å². The molecule has 2 fully saturated rings. The van der Waals surface area contributed by atoms with Gasteiger partial charge in [-0.3, -0.25) is 9.59 Å². The fourth-order valence-electron chi connectivity index (χ4n) is 2.59. The SMILES string of the molecule is CN(C(=O)CN1CCCCC1=O)C1CCS(=O)(=O)C1. The molecule has 1 atom stereocenters. The van der Waals surface area contributed by atoms with Gasteiger partial charge < -0.3 is 9.80 Å². The molecule has 0 bridgehead atoms. The van der Waals surface area contributed by atoms with Crippen LogP contribution in [0.4, 0.5) is 0 Å². The van der Waals surface area contributed by atoms with E-state index >= 15 is 0 Å². The van der Waals surface area contributed by atoms with Crippen molar-refractivity contribution < 1.29 is 18.0 Å². The van der Waals surface area contributed by atoms with Gasteiger partial charge >= 0.3 is 0 Å². The Balaban J connectivity index is 1.91. The Morgan fingerprint density at radius 2 is 2.16 bits per heavy atom. The molecule has 7 heteroatoms. The minimum Gasteiger partial charge on any atom is -0.340 e. The molecule has 1 unspecified atom stereocenters. The summed E-state index contributed by atoms with van der Waals surface area (Å²) >= 11 is 0. The van der Waals surface area contributed by atoms with E-state index in [0.717, 1.165) is 12.8 Å². The van der Waals surface area contributed by atoms with Crippen LogP contribution < -0.4 is 0 Å². The van der Waals surface area contributed by atoms with Crippen molar-refractivity contribution in [3.8, 4) is 0 Å². The zero-order valence-electron chi connectivity index (χ0n) is 11.2. The summed E-state index contributed by atoms with van der Waals surface area (Å²) in [4.78, 5) is 26.8. The van der Waals surface area contributed by atoms with Gasteiger partial charge in [0.25, 0.3) is 0 Å². The minimum absolute atomic E-state index is 0.0204. The fourth-order valence-corrected chi connectivity index (χ4v) is 4.36. The molecule has 0 radical (unpaired) electrons. The largest absolute Gasteiger partial charge is 0.340 e. The predicted molar refractivity (Wildman–Crippen MR) is 70.3 cm³/mol. The van der Waals surface area contributed by atoms with E-state index in [1.807, 2.05) is 0 Å². The maximum Gasteiger partial charge on any atom is 0.242 e. The summed E-state index contributed by atoms with van der Waals surface area (Å²) in [6, 6.07) is -0.239. The topological polar surface area (TPSA) is 74.8 Å². The van der Waals surface area contributed by atoms with Gasteiger partial charge in [0.1, 0.15) is 0 Å². The molecule has 0 aliphatic carbocycles. The Morgan fingerprint density at radius 3 is 2.74 bits per heavy atom. The molecule has 2 heterocycles. The molecule has 6 nitrogen and oxygen atoms in total. The summed E-state index contributed by atoms with van der Waals surface area (Å²) in [6.45, 7) is 0.702. The quantitative estimate of drug-likeness (QED) is 0.711. The predicted octanol–water partition coefficient (Wildman–Crippen LogP) is -0.356. The second-order valence-corrected chi connectivity index (χ2v) is 7.56. The molecule has 0 N–H and O–H groups in total. The van der Waals surface area contributed by atoms with Gasteiger partial charge in [-0.05, 0) is 19.3 Å². The number of carbonyl (C=O) groups is 2. The molecule has 0 aromatic rings. The van der Waals surface area contributed by atoms with Crippen molar-refractivity contribution in [1.29, 1.82) is 0 Å². The molecule has 2 aliphatic heterocycles. The number of amides is 2. The van der Waals surface area contributed by atoms with Crippen molar-refractivity contribution in [3.05, 3.63) is 0 Å². The average molecular weight is 288 g/mol. The van der Waals surface area contributed by atoms with Crippen LogP contribution in [-0.2, 0) is 19.4 Å². The molecule has 19 heavy (non-hydrogen) atoms. The molecule has 2 amide bonds. The number of rotatable bonds is 3. The van der Waals surface area contributed by atoms with E-state index < -0.39 is 9.84 Å². The van der Waals surface area contributed by atoms with E-state index in [1.165, 1.54) is 4.90 Å². The van der Waals surface area contributed by atoms with Crippen LogP contribution in [0.25, 0.3) is 0 Å². The van der Waals surface area contributed by atoms with Gasteiger partial charge in [0, 0.05) is 26.1 Å². The number of nitrogens with zero attached hydrogens (tertiary/aromatic N) is 2. The second-order valence-electron chi connectivity index (χ2n) is 5.33. The van der Waals surface area contributed by atoms with Crippen LogP contribution in [0.5, 0.6) is 0 Å². The van der Waals surface area contributed by atoms with Crippen LogP contribution in [0, 0.1) is 0 Å². The lowest BCUT2D eigenvalue weighted by atomic mass is 10.1. The van der Waals surface area contributed by atoms with Gasteiger partial charge in [-0.25, -0.2) is 8.42 Å². The number of hydrogen-bond acceptors (Lipinski definition) is 4. The second kappa shape index (κ2) is 5.48. The fraction of sp³-hybridized carbons (Fsp3) is 0.833. The Kier molecular flexibility index (Phi) is 4.13. The van der Waals surface area contributed by atoms with Crippen LogP contribution in [0.1, 0.15) is 25.7 Å². The van der Waals surface area contributed by atoms with Gasteiger partial charge in [-0.15, -0.1) is 0 Å². The number of likely N-dealkylation sites (N-methyl/N-ethyl adjacent to an activating group) is 1. The third-order valence-electron chi connectivity index (χ3n) is 3.90. The molecule has 0 spiro atoms. The molecular weight excluding hydrogens is 268 g/mol. The Bertz CT molecular complexity index is 474. The number of carbonyl (C=O) groups excluding carboxylic acids is 2. The van der Waals surface area contributed by atoms with E-state index in [2.05, 4.69) is 0 Å². The van der Waals surface area contributed by atoms with Gasteiger partial charge in [-0.2, -0.15) is 0 Å². The van der Waals surface area contributed by atoms with Crippen molar-refractivity contribution in [2.45, 2.75) is 31.7 Å². The molecule has 2 rings (SSSR count). The first-order valence-corrected chi connectivity index (χ1v) is 8.45. The monoisotopic (exact) mass is 288 g/mol. The first-order valence-electron chi connectivity index (χ1n) is 6.63. The zero-order valence-corrected chi connectivity index (χ0v) is 12.0. The van der Waals surface area contributed by atoms with Crippen molar-refractivity contribution in [3.63, 3.8) is 0 Å². The molecular formula is C12H20N2O4S. The van der Waals surface area contributed by atoms with E-state index in [1.54, 1.807) is 11.9 Å². The van der Waals surface area contributed by atoms with Crippen LogP contribution in [0.2, 0.25) is 0 Å². The highest BCUT2D eigenvalue weighted by Gasteiger charge is 2.33. The summed E-state index contributed by atoms with van der Waals surface area (Å²) in [5, 5.41) is 0. The van der Waals surface area contributed by atoms with Gasteiger partial charge in [0.05, 0.1) is 18.1 Å². The Morgan fingerprint density at radius 1 is 1.42 bits per heavy atom. The molecule has 108 valence electrons. The zero-order chi connectivity index (χ0) is 14.0.